The van der Waals surface area contributed by atoms with E-state index in [9.17, 15) is 10.0 Å². The molecule has 1 aromatic heterocycles. The predicted molar refractivity (Wildman–Crippen MR) is 95.3 cm³/mol. The number of rotatable bonds is 6. The third-order valence-corrected chi connectivity index (χ3v) is 4.05. The number of hydrogen-bond donors (Lipinski definition) is 1. The van der Waals surface area contributed by atoms with Crippen molar-refractivity contribution in [3.63, 3.8) is 0 Å². The van der Waals surface area contributed by atoms with Gasteiger partial charge < -0.3 is 14.4 Å². The summed E-state index contributed by atoms with van der Waals surface area (Å²) in [6.07, 6.45) is 1.66. The minimum absolute atomic E-state index is 0.0555. The van der Waals surface area contributed by atoms with Crippen LogP contribution in [0.5, 0.6) is 11.6 Å². The van der Waals surface area contributed by atoms with E-state index < -0.39 is 0 Å². The van der Waals surface area contributed by atoms with Gasteiger partial charge in [-0.25, -0.2) is 0 Å². The number of para-hydroxylation sites is 1. The Bertz CT molecular complexity index is 918. The van der Waals surface area contributed by atoms with Crippen LogP contribution in [0.3, 0.4) is 0 Å². The molecular formula is C18H15ClN2O3. The largest absolute Gasteiger partial charge is 0.493 e. The number of hydrogen-bond acceptors (Lipinski definition) is 4. The summed E-state index contributed by atoms with van der Waals surface area (Å²) in [6, 6.07) is 12.7. The van der Waals surface area contributed by atoms with Gasteiger partial charge in [0, 0.05) is 5.56 Å². The average Bonchev–Trinajstić information content (AvgIpc) is 2.87. The minimum Gasteiger partial charge on any atom is -0.493 e. The van der Waals surface area contributed by atoms with E-state index in [-0.39, 0.29) is 11.6 Å². The van der Waals surface area contributed by atoms with E-state index in [0.29, 0.717) is 34.8 Å². The van der Waals surface area contributed by atoms with Crippen LogP contribution >= 0.6 is 11.6 Å². The van der Waals surface area contributed by atoms with E-state index in [1.54, 1.807) is 28.8 Å². The molecule has 0 fully saturated rings. The number of benzene rings is 2. The maximum Gasteiger partial charge on any atom is 0.222 e. The molecule has 0 spiro atoms. The quantitative estimate of drug-likeness (QED) is 0.505. The van der Waals surface area contributed by atoms with Crippen LogP contribution in [0.1, 0.15) is 5.56 Å². The Morgan fingerprint density at radius 1 is 1.25 bits per heavy atom. The summed E-state index contributed by atoms with van der Waals surface area (Å²) in [5.41, 5.74) is 1.43. The molecule has 6 heteroatoms. The Kier molecular flexibility index (Phi) is 4.53. The van der Waals surface area contributed by atoms with Crippen LogP contribution in [0, 0.1) is 4.91 Å². The zero-order valence-electron chi connectivity index (χ0n) is 12.8. The smallest absolute Gasteiger partial charge is 0.222 e. The number of nitroso groups, excluding NO2 is 1. The Morgan fingerprint density at radius 3 is 2.79 bits per heavy atom. The lowest BCUT2D eigenvalue weighted by atomic mass is 10.2. The Labute approximate surface area is 143 Å². The van der Waals surface area contributed by atoms with Crippen molar-refractivity contribution in [1.29, 1.82) is 0 Å². The fourth-order valence-corrected chi connectivity index (χ4v) is 2.93. The molecule has 0 amide bonds. The van der Waals surface area contributed by atoms with Gasteiger partial charge in [0.15, 0.2) is 5.69 Å². The second-order valence-electron chi connectivity index (χ2n) is 5.19. The highest BCUT2D eigenvalue weighted by molar-refractivity contribution is 6.36. The molecule has 3 rings (SSSR count). The monoisotopic (exact) mass is 342 g/mol. The van der Waals surface area contributed by atoms with E-state index in [1.165, 1.54) is 0 Å². The number of aromatic hydroxyl groups is 1. The molecule has 2 aromatic carbocycles. The number of fused-ring (bicyclic) bond motifs is 1. The molecule has 24 heavy (non-hydrogen) atoms. The van der Waals surface area contributed by atoms with E-state index in [4.69, 9.17) is 16.3 Å². The van der Waals surface area contributed by atoms with Crippen molar-refractivity contribution in [1.82, 2.24) is 4.57 Å². The molecule has 3 aromatic rings. The van der Waals surface area contributed by atoms with E-state index >= 15 is 0 Å². The van der Waals surface area contributed by atoms with Gasteiger partial charge in [-0.15, -0.1) is 4.91 Å². The fraction of sp³-hybridized carbons (Fsp3) is 0.111. The van der Waals surface area contributed by atoms with Crippen LogP contribution < -0.4 is 4.74 Å². The first-order valence-electron chi connectivity index (χ1n) is 7.32. The third-order valence-electron chi connectivity index (χ3n) is 3.74. The SMILES string of the molecule is C=CCOc1ccccc1Cn1c(O)c(N=O)c2c(Cl)cccc21. The van der Waals surface area contributed by atoms with Crippen molar-refractivity contribution >= 4 is 28.2 Å². The van der Waals surface area contributed by atoms with Crippen LogP contribution in [-0.4, -0.2) is 16.3 Å². The van der Waals surface area contributed by atoms with Gasteiger partial charge in [0.05, 0.1) is 22.5 Å². The Balaban J connectivity index is 2.12. The summed E-state index contributed by atoms with van der Waals surface area (Å²) in [5.74, 6) is 0.466. The zero-order valence-corrected chi connectivity index (χ0v) is 13.5. The summed E-state index contributed by atoms with van der Waals surface area (Å²) in [5, 5.41) is 14.2. The first-order valence-corrected chi connectivity index (χ1v) is 7.69. The maximum atomic E-state index is 11.1. The zero-order chi connectivity index (χ0) is 17.1. The van der Waals surface area contributed by atoms with Crippen molar-refractivity contribution in [2.45, 2.75) is 6.54 Å². The molecule has 5 nitrogen and oxygen atoms in total. The molecule has 0 saturated carbocycles. The van der Waals surface area contributed by atoms with Crippen LogP contribution in [-0.2, 0) is 6.54 Å². The standard InChI is InChI=1S/C18H15ClN2O3/c1-2-10-24-15-9-4-3-6-12(15)11-21-14-8-5-7-13(19)16(14)17(20-23)18(21)22/h2-9,22H,1,10-11H2. The maximum absolute atomic E-state index is 11.1. The molecule has 0 aliphatic rings. The van der Waals surface area contributed by atoms with Gasteiger partial charge in [0.25, 0.3) is 0 Å². The average molecular weight is 343 g/mol. The lowest BCUT2D eigenvalue weighted by Crippen LogP contribution is -2.03. The molecule has 0 aliphatic carbocycles. The van der Waals surface area contributed by atoms with Crippen molar-refractivity contribution in [3.8, 4) is 11.6 Å². The van der Waals surface area contributed by atoms with Crippen molar-refractivity contribution < 1.29 is 9.84 Å². The van der Waals surface area contributed by atoms with Gasteiger partial charge in [-0.3, -0.25) is 0 Å². The molecule has 1 heterocycles. The number of nitrogens with zero attached hydrogens (tertiary/aromatic N) is 2. The van der Waals surface area contributed by atoms with Crippen molar-refractivity contribution in [2.75, 3.05) is 6.61 Å². The van der Waals surface area contributed by atoms with E-state index in [2.05, 4.69) is 11.8 Å². The minimum atomic E-state index is -0.216. The second kappa shape index (κ2) is 6.76. The van der Waals surface area contributed by atoms with E-state index in [0.717, 1.165) is 5.56 Å². The highest BCUT2D eigenvalue weighted by atomic mass is 35.5. The molecule has 0 unspecified atom stereocenters. The summed E-state index contributed by atoms with van der Waals surface area (Å²) in [4.78, 5) is 11.1. The van der Waals surface area contributed by atoms with Gasteiger partial charge in [-0.1, -0.05) is 48.5 Å². The van der Waals surface area contributed by atoms with Gasteiger partial charge in [0.1, 0.15) is 12.4 Å². The van der Waals surface area contributed by atoms with Gasteiger partial charge in [-0.2, -0.15) is 0 Å². The highest BCUT2D eigenvalue weighted by Crippen LogP contribution is 2.42. The van der Waals surface area contributed by atoms with Gasteiger partial charge in [-0.05, 0) is 23.4 Å². The summed E-state index contributed by atoms with van der Waals surface area (Å²) < 4.78 is 7.23. The molecular weight excluding hydrogens is 328 g/mol. The van der Waals surface area contributed by atoms with Crippen LogP contribution in [0.15, 0.2) is 60.3 Å². The number of halogens is 1. The van der Waals surface area contributed by atoms with Crippen LogP contribution in [0.2, 0.25) is 5.02 Å². The fourth-order valence-electron chi connectivity index (χ4n) is 2.67. The third kappa shape index (κ3) is 2.74. The lowest BCUT2D eigenvalue weighted by Gasteiger charge is -2.12. The first-order chi connectivity index (χ1) is 11.7. The predicted octanol–water partition coefficient (Wildman–Crippen LogP) is 5.01. The molecule has 122 valence electrons. The van der Waals surface area contributed by atoms with Gasteiger partial charge >= 0.3 is 0 Å². The number of ether oxygens (including phenoxy) is 1. The van der Waals surface area contributed by atoms with Crippen LogP contribution in [0.25, 0.3) is 10.9 Å². The summed E-state index contributed by atoms with van der Waals surface area (Å²) in [6.45, 7) is 4.32. The number of aromatic nitrogens is 1. The molecule has 1 N–H and O–H groups in total. The molecule has 0 bridgehead atoms. The molecule has 0 saturated heterocycles. The van der Waals surface area contributed by atoms with Crippen LogP contribution in [0.4, 0.5) is 5.69 Å². The summed E-state index contributed by atoms with van der Waals surface area (Å²) >= 11 is 6.17. The lowest BCUT2D eigenvalue weighted by molar-refractivity contribution is 0.357. The normalized spacial score (nSPS) is 10.7. The highest BCUT2D eigenvalue weighted by Gasteiger charge is 2.20. The molecule has 0 aliphatic heterocycles. The second-order valence-corrected chi connectivity index (χ2v) is 5.60. The first kappa shape index (κ1) is 16.1. The van der Waals surface area contributed by atoms with Crippen molar-refractivity contribution in [3.05, 3.63) is 70.6 Å². The molecule has 0 atom stereocenters. The summed E-state index contributed by atoms with van der Waals surface area (Å²) in [7, 11) is 0. The van der Waals surface area contributed by atoms with Crippen molar-refractivity contribution in [2.24, 2.45) is 5.18 Å². The Morgan fingerprint density at radius 2 is 2.04 bits per heavy atom. The molecule has 0 radical (unpaired) electrons. The topological polar surface area (TPSA) is 63.8 Å². The van der Waals surface area contributed by atoms with E-state index in [1.807, 2.05) is 24.3 Å². The van der Waals surface area contributed by atoms with Gasteiger partial charge in [0.2, 0.25) is 5.88 Å². The Hall–Kier alpha value is -2.79.